The Hall–Kier alpha value is -4.59. The number of hydrogen-bond donors (Lipinski definition) is 0. The van der Waals surface area contributed by atoms with Gasteiger partial charge < -0.3 is 14.4 Å². The zero-order valence-corrected chi connectivity index (χ0v) is 35.4. The first-order valence-electron chi connectivity index (χ1n) is 18.6. The SMILES string of the molecule is CC(C)c1ccccc1.CC(C)c1ccccn1.CC(C)c1cccnc1.CC(C)c1ccncc1.COC(=O)CC(C)C.COC(=O)N(C)C(C)C. The van der Waals surface area contributed by atoms with Crippen LogP contribution < -0.4 is 0 Å². The van der Waals surface area contributed by atoms with Crippen molar-refractivity contribution in [3.05, 3.63) is 126 Å². The lowest BCUT2D eigenvalue weighted by Gasteiger charge is -2.18. The molecule has 53 heavy (non-hydrogen) atoms. The third-order valence-electron chi connectivity index (χ3n) is 7.51. The molecule has 0 unspecified atom stereocenters. The Balaban J connectivity index is 0. The van der Waals surface area contributed by atoms with Gasteiger partial charge >= 0.3 is 12.1 Å². The molecule has 294 valence electrons. The van der Waals surface area contributed by atoms with Gasteiger partial charge in [-0.15, -0.1) is 0 Å². The van der Waals surface area contributed by atoms with Crippen LogP contribution in [0.25, 0.3) is 0 Å². The van der Waals surface area contributed by atoms with E-state index in [0.717, 1.165) is 5.69 Å². The van der Waals surface area contributed by atoms with Gasteiger partial charge in [0.15, 0.2) is 0 Å². The Morgan fingerprint density at radius 3 is 1.34 bits per heavy atom. The van der Waals surface area contributed by atoms with Gasteiger partial charge in [-0.3, -0.25) is 19.7 Å². The molecule has 0 fully saturated rings. The zero-order valence-electron chi connectivity index (χ0n) is 35.4. The number of carbonyl (C=O) groups is 2. The van der Waals surface area contributed by atoms with Crippen molar-refractivity contribution in [1.29, 1.82) is 0 Å². The smallest absolute Gasteiger partial charge is 0.409 e. The van der Waals surface area contributed by atoms with E-state index < -0.39 is 0 Å². The normalized spacial score (nSPS) is 9.91. The number of aromatic nitrogens is 3. The largest absolute Gasteiger partial charge is 0.469 e. The van der Waals surface area contributed by atoms with Crippen LogP contribution in [0.3, 0.4) is 0 Å². The molecule has 0 aliphatic carbocycles. The highest BCUT2D eigenvalue weighted by molar-refractivity contribution is 5.69. The maximum atomic E-state index is 10.7. The standard InChI is InChI=1S/C9H12.3C8H11N.C6H13NO2.C6H12O2/c1-8(2)9-6-4-3-5-7-9;1-7(2)8-3-5-9-6-4-8;1-7(2)8-4-3-5-9-6-8;1-7(2)8-5-3-4-6-9-8;1-5(2)7(3)6(8)9-4;1-5(2)4-6(7)8-3/h3-8H,1-2H3;3*3-7H,1-2H3;5H,1-4H3;5H,4H2,1-3H3. The minimum Gasteiger partial charge on any atom is -0.469 e. The molecule has 4 aromatic rings. The van der Waals surface area contributed by atoms with Crippen LogP contribution in [-0.4, -0.2) is 59.2 Å². The van der Waals surface area contributed by atoms with Crippen LogP contribution >= 0.6 is 0 Å². The number of benzene rings is 1. The molecule has 3 heterocycles. The van der Waals surface area contributed by atoms with E-state index in [2.05, 4.69) is 110 Å². The molecule has 0 aliphatic rings. The Bertz CT molecular complexity index is 1240. The first-order valence-corrected chi connectivity index (χ1v) is 18.6. The average molecular weight is 731 g/mol. The van der Waals surface area contributed by atoms with Crippen molar-refractivity contribution in [3.63, 3.8) is 0 Å². The van der Waals surface area contributed by atoms with Gasteiger partial charge in [-0.25, -0.2) is 4.79 Å². The van der Waals surface area contributed by atoms with E-state index in [9.17, 15) is 9.59 Å². The maximum Gasteiger partial charge on any atom is 0.409 e. The second-order valence-electron chi connectivity index (χ2n) is 14.2. The molecule has 1 amide bonds. The third kappa shape index (κ3) is 27.7. The van der Waals surface area contributed by atoms with Gasteiger partial charge in [0.05, 0.1) is 14.2 Å². The number of pyridine rings is 3. The Kier molecular flexibility index (Phi) is 29.5. The van der Waals surface area contributed by atoms with Crippen LogP contribution in [0.2, 0.25) is 0 Å². The van der Waals surface area contributed by atoms with E-state index in [-0.39, 0.29) is 18.1 Å². The van der Waals surface area contributed by atoms with E-state index in [4.69, 9.17) is 0 Å². The molecule has 0 aliphatic heterocycles. The zero-order chi connectivity index (χ0) is 40.8. The first kappa shape index (κ1) is 50.5. The summed E-state index contributed by atoms with van der Waals surface area (Å²) in [7, 11) is 4.49. The van der Waals surface area contributed by atoms with E-state index in [1.807, 2.05) is 94.9 Å². The summed E-state index contributed by atoms with van der Waals surface area (Å²) in [6.45, 7) is 25.2. The van der Waals surface area contributed by atoms with Crippen molar-refractivity contribution in [1.82, 2.24) is 19.9 Å². The summed E-state index contributed by atoms with van der Waals surface area (Å²) in [5, 5.41) is 0. The topological polar surface area (TPSA) is 94.5 Å². The lowest BCUT2D eigenvalue weighted by molar-refractivity contribution is -0.141. The number of amides is 1. The molecule has 3 aromatic heterocycles. The summed E-state index contributed by atoms with van der Waals surface area (Å²) < 4.78 is 8.88. The maximum absolute atomic E-state index is 10.7. The Labute approximate surface area is 322 Å². The lowest BCUT2D eigenvalue weighted by atomic mass is 10.0. The third-order valence-corrected chi connectivity index (χ3v) is 7.51. The van der Waals surface area contributed by atoms with Gasteiger partial charge in [0.1, 0.15) is 0 Å². The summed E-state index contributed by atoms with van der Waals surface area (Å²) >= 11 is 0. The summed E-state index contributed by atoms with van der Waals surface area (Å²) in [6.07, 6.45) is 9.43. The number of esters is 1. The van der Waals surface area contributed by atoms with Crippen molar-refractivity contribution in [2.45, 2.75) is 119 Å². The fraction of sp³-hybridized carbons (Fsp3) is 0.489. The molecule has 8 heteroatoms. The van der Waals surface area contributed by atoms with Crippen LogP contribution in [0.4, 0.5) is 4.79 Å². The number of hydrogen-bond acceptors (Lipinski definition) is 7. The van der Waals surface area contributed by atoms with Gasteiger partial charge in [-0.2, -0.15) is 0 Å². The second kappa shape index (κ2) is 31.0. The lowest BCUT2D eigenvalue weighted by Crippen LogP contribution is -2.32. The molecule has 0 bridgehead atoms. The van der Waals surface area contributed by atoms with Crippen LogP contribution in [0.15, 0.2) is 104 Å². The monoisotopic (exact) mass is 731 g/mol. The fourth-order valence-corrected chi connectivity index (χ4v) is 3.79. The number of nitrogens with zero attached hydrogens (tertiary/aromatic N) is 4. The molecule has 8 nitrogen and oxygen atoms in total. The summed E-state index contributed by atoms with van der Waals surface area (Å²) in [4.78, 5) is 34.7. The molecular weight excluding hydrogens is 661 g/mol. The number of ether oxygens (including phenoxy) is 2. The quantitative estimate of drug-likeness (QED) is 0.175. The number of methoxy groups -OCH3 is 2. The molecule has 0 atom stereocenters. The highest BCUT2D eigenvalue weighted by Crippen LogP contribution is 2.13. The molecule has 0 radical (unpaired) electrons. The molecule has 0 spiro atoms. The molecule has 0 N–H and O–H groups in total. The van der Waals surface area contributed by atoms with Gasteiger partial charge in [0, 0.05) is 56.2 Å². The van der Waals surface area contributed by atoms with Crippen LogP contribution in [0.1, 0.15) is 136 Å². The van der Waals surface area contributed by atoms with Crippen molar-refractivity contribution in [2.24, 2.45) is 5.92 Å². The fourth-order valence-electron chi connectivity index (χ4n) is 3.79. The minimum atomic E-state index is -0.287. The van der Waals surface area contributed by atoms with Crippen molar-refractivity contribution >= 4 is 12.1 Å². The Morgan fingerprint density at radius 2 is 1.08 bits per heavy atom. The van der Waals surface area contributed by atoms with Gasteiger partial charge in [-0.1, -0.05) is 112 Å². The predicted octanol–water partition coefficient (Wildman–Crippen LogP) is 11.7. The average Bonchev–Trinajstić information content (AvgIpc) is 3.16. The van der Waals surface area contributed by atoms with E-state index in [1.165, 1.54) is 35.8 Å². The van der Waals surface area contributed by atoms with E-state index >= 15 is 0 Å². The van der Waals surface area contributed by atoms with Crippen LogP contribution in [0, 0.1) is 5.92 Å². The van der Waals surface area contributed by atoms with Crippen molar-refractivity contribution < 1.29 is 19.1 Å². The van der Waals surface area contributed by atoms with Gasteiger partial charge in [0.25, 0.3) is 0 Å². The summed E-state index contributed by atoms with van der Waals surface area (Å²) in [6, 6.07) is 24.9. The highest BCUT2D eigenvalue weighted by atomic mass is 16.5. The second-order valence-corrected chi connectivity index (χ2v) is 14.2. The van der Waals surface area contributed by atoms with Crippen LogP contribution in [0.5, 0.6) is 0 Å². The molecule has 0 saturated heterocycles. The van der Waals surface area contributed by atoms with Gasteiger partial charge in [-0.05, 0) is 90.5 Å². The highest BCUT2D eigenvalue weighted by Gasteiger charge is 2.10. The predicted molar refractivity (Wildman–Crippen MR) is 222 cm³/mol. The minimum absolute atomic E-state index is 0.125. The molecule has 0 saturated carbocycles. The molecular formula is C45H70N4O4. The van der Waals surface area contributed by atoms with Crippen molar-refractivity contribution in [3.8, 4) is 0 Å². The number of carbonyl (C=O) groups excluding carboxylic acids is 2. The van der Waals surface area contributed by atoms with Gasteiger partial charge in [0.2, 0.25) is 0 Å². The summed E-state index contributed by atoms with van der Waals surface area (Å²) in [5.74, 6) is 2.70. The van der Waals surface area contributed by atoms with Crippen LogP contribution in [-0.2, 0) is 14.3 Å². The van der Waals surface area contributed by atoms with Crippen molar-refractivity contribution in [2.75, 3.05) is 21.3 Å². The number of rotatable bonds is 7. The first-order chi connectivity index (χ1) is 25.0. The molecule has 1 aromatic carbocycles. The van der Waals surface area contributed by atoms with E-state index in [1.54, 1.807) is 13.2 Å². The summed E-state index contributed by atoms with van der Waals surface area (Å²) in [5.41, 5.74) is 5.23. The molecule has 4 rings (SSSR count). The van der Waals surface area contributed by atoms with E-state index in [0.29, 0.717) is 36.0 Å². The Morgan fingerprint density at radius 1 is 0.566 bits per heavy atom.